The highest BCUT2D eigenvalue weighted by Crippen LogP contribution is 2.13. The Balaban J connectivity index is 2.12. The Labute approximate surface area is 98.4 Å². The predicted molar refractivity (Wildman–Crippen MR) is 71.7 cm³/mol. The molecule has 1 nitrogen and oxygen atoms in total. The van der Waals surface area contributed by atoms with Crippen molar-refractivity contribution in [3.05, 3.63) is 66.7 Å². The fourth-order valence-corrected chi connectivity index (χ4v) is 2.47. The van der Waals surface area contributed by atoms with Crippen LogP contribution in [0, 0.1) is 0 Å². The van der Waals surface area contributed by atoms with Crippen LogP contribution in [0.2, 0.25) is 0 Å². The molecule has 2 aromatic rings. The van der Waals surface area contributed by atoms with Crippen molar-refractivity contribution in [3.8, 4) is 0 Å². The van der Waals surface area contributed by atoms with Crippen LogP contribution >= 0.6 is 0 Å². The number of anilines is 1. The summed E-state index contributed by atoms with van der Waals surface area (Å²) in [5.74, 6) is 0. The van der Waals surface area contributed by atoms with Crippen LogP contribution in [-0.2, 0) is 0 Å². The van der Waals surface area contributed by atoms with E-state index in [2.05, 4.69) is 30.8 Å². The van der Waals surface area contributed by atoms with Crippen molar-refractivity contribution in [3.63, 3.8) is 0 Å². The lowest BCUT2D eigenvalue weighted by Crippen LogP contribution is -2.14. The summed E-state index contributed by atoms with van der Waals surface area (Å²) in [6, 6.07) is 18.3. The van der Waals surface area contributed by atoms with Gasteiger partial charge in [-0.2, -0.15) is 0 Å². The summed E-state index contributed by atoms with van der Waals surface area (Å²) in [7, 11) is 0.617. The molecule has 78 valence electrons. The monoisotopic (exact) mass is 223 g/mol. The van der Waals surface area contributed by atoms with Crippen molar-refractivity contribution in [2.45, 2.75) is 0 Å². The Morgan fingerprint density at radius 1 is 0.938 bits per heavy atom. The van der Waals surface area contributed by atoms with Crippen LogP contribution in [0.4, 0.5) is 5.69 Å². The molecule has 0 aromatic heterocycles. The highest BCUT2D eigenvalue weighted by molar-refractivity contribution is 6.72. The lowest BCUT2D eigenvalue weighted by Gasteiger charge is -2.05. The summed E-state index contributed by atoms with van der Waals surface area (Å²) in [5, 5.41) is 2.45. The third kappa shape index (κ3) is 2.61. The van der Waals surface area contributed by atoms with E-state index in [0.717, 1.165) is 16.4 Å². The minimum Gasteiger partial charge on any atom is -0.399 e. The molecule has 0 spiro atoms. The van der Waals surface area contributed by atoms with E-state index in [0.29, 0.717) is 9.52 Å². The minimum atomic E-state index is 0.617. The van der Waals surface area contributed by atoms with E-state index >= 15 is 0 Å². The van der Waals surface area contributed by atoms with Crippen LogP contribution in [0.1, 0.15) is 5.56 Å². The zero-order chi connectivity index (χ0) is 11.4. The Kier molecular flexibility index (Phi) is 3.22. The zero-order valence-corrected chi connectivity index (χ0v) is 9.98. The summed E-state index contributed by atoms with van der Waals surface area (Å²) in [6.07, 6.45) is 0. The number of rotatable bonds is 3. The maximum Gasteiger partial charge on any atom is 0.121 e. The molecule has 0 unspecified atom stereocenters. The van der Waals surface area contributed by atoms with Gasteiger partial charge in [0.05, 0.1) is 0 Å². The van der Waals surface area contributed by atoms with Crippen LogP contribution in [0.5, 0.6) is 0 Å². The molecule has 0 aliphatic rings. The lowest BCUT2D eigenvalue weighted by atomic mass is 10.2. The first kappa shape index (κ1) is 10.7. The SMILES string of the molecule is C=C([Si]c1ccccc1)c1ccc(N)cc1. The van der Waals surface area contributed by atoms with Gasteiger partial charge < -0.3 is 5.73 Å². The third-order valence-corrected chi connectivity index (χ3v) is 3.54. The molecule has 2 heteroatoms. The summed E-state index contributed by atoms with van der Waals surface area (Å²) in [6.45, 7) is 4.12. The van der Waals surface area contributed by atoms with Crippen LogP contribution < -0.4 is 10.9 Å². The fraction of sp³-hybridized carbons (Fsp3) is 0. The second-order valence-corrected chi connectivity index (χ2v) is 5.02. The Morgan fingerprint density at radius 2 is 1.56 bits per heavy atom. The van der Waals surface area contributed by atoms with Crippen molar-refractivity contribution in [1.82, 2.24) is 0 Å². The molecule has 0 amide bonds. The van der Waals surface area contributed by atoms with Gasteiger partial charge in [0.1, 0.15) is 9.52 Å². The van der Waals surface area contributed by atoms with Crippen LogP contribution in [0.15, 0.2) is 61.2 Å². The van der Waals surface area contributed by atoms with E-state index in [1.165, 1.54) is 5.19 Å². The van der Waals surface area contributed by atoms with Gasteiger partial charge in [0.15, 0.2) is 0 Å². The number of nitrogens with two attached hydrogens (primary N) is 1. The molecule has 2 rings (SSSR count). The van der Waals surface area contributed by atoms with E-state index in [1.807, 2.05) is 30.3 Å². The van der Waals surface area contributed by atoms with Crippen molar-refractivity contribution < 1.29 is 0 Å². The molecule has 0 bridgehead atoms. The molecule has 0 saturated heterocycles. The van der Waals surface area contributed by atoms with Crippen LogP contribution in [0.3, 0.4) is 0 Å². The second-order valence-electron chi connectivity index (χ2n) is 3.59. The van der Waals surface area contributed by atoms with Gasteiger partial charge in [0.25, 0.3) is 0 Å². The molecule has 0 atom stereocenters. The summed E-state index contributed by atoms with van der Waals surface area (Å²) < 4.78 is 0. The maximum absolute atomic E-state index is 5.65. The van der Waals surface area contributed by atoms with Gasteiger partial charge >= 0.3 is 0 Å². The quantitative estimate of drug-likeness (QED) is 0.627. The molecule has 2 aromatic carbocycles. The summed E-state index contributed by atoms with van der Waals surface area (Å²) in [4.78, 5) is 0. The molecule has 0 fully saturated rings. The van der Waals surface area contributed by atoms with Gasteiger partial charge in [-0.15, -0.1) is 0 Å². The van der Waals surface area contributed by atoms with Crippen molar-refractivity contribution in [2.75, 3.05) is 5.73 Å². The normalized spacial score (nSPS) is 10.0. The predicted octanol–water partition coefficient (Wildman–Crippen LogP) is 2.27. The highest BCUT2D eigenvalue weighted by Gasteiger charge is 2.01. The number of nitrogen functional groups attached to an aromatic ring is 1. The first-order chi connectivity index (χ1) is 7.75. The van der Waals surface area contributed by atoms with Gasteiger partial charge in [-0.05, 0) is 17.7 Å². The fourth-order valence-electron chi connectivity index (χ4n) is 1.45. The van der Waals surface area contributed by atoms with Gasteiger partial charge in [-0.1, -0.05) is 59.4 Å². The molecular weight excluding hydrogens is 210 g/mol. The second kappa shape index (κ2) is 4.81. The highest BCUT2D eigenvalue weighted by atomic mass is 28.2. The minimum absolute atomic E-state index is 0.617. The topological polar surface area (TPSA) is 26.0 Å². The largest absolute Gasteiger partial charge is 0.399 e. The Hall–Kier alpha value is -1.80. The number of benzene rings is 2. The first-order valence-electron chi connectivity index (χ1n) is 5.12. The molecular formula is C14H13NSi. The number of hydrogen-bond acceptors (Lipinski definition) is 1. The van der Waals surface area contributed by atoms with Gasteiger partial charge in [0, 0.05) is 5.69 Å². The molecule has 0 aliphatic heterocycles. The number of hydrogen-bond donors (Lipinski definition) is 1. The van der Waals surface area contributed by atoms with Crippen LogP contribution in [0.25, 0.3) is 5.20 Å². The molecule has 2 N–H and O–H groups in total. The van der Waals surface area contributed by atoms with E-state index in [9.17, 15) is 0 Å². The smallest absolute Gasteiger partial charge is 0.121 e. The molecule has 0 heterocycles. The van der Waals surface area contributed by atoms with Crippen molar-refractivity contribution in [1.29, 1.82) is 0 Å². The maximum atomic E-state index is 5.65. The Morgan fingerprint density at radius 3 is 2.19 bits per heavy atom. The Bertz CT molecular complexity index is 474. The summed E-state index contributed by atoms with van der Waals surface area (Å²) >= 11 is 0. The average molecular weight is 223 g/mol. The standard InChI is InChI=1S/C14H13NSi/c1-11(12-7-9-13(15)10-8-12)16-14-5-3-2-4-6-14/h2-10H,1,15H2. The zero-order valence-electron chi connectivity index (χ0n) is 8.98. The summed E-state index contributed by atoms with van der Waals surface area (Å²) in [5.41, 5.74) is 7.61. The van der Waals surface area contributed by atoms with Crippen molar-refractivity contribution >= 4 is 25.6 Å². The average Bonchev–Trinajstić information content (AvgIpc) is 2.31. The van der Waals surface area contributed by atoms with Gasteiger partial charge in [-0.25, -0.2) is 0 Å². The lowest BCUT2D eigenvalue weighted by molar-refractivity contribution is 1.64. The van der Waals surface area contributed by atoms with E-state index in [1.54, 1.807) is 0 Å². The molecule has 16 heavy (non-hydrogen) atoms. The first-order valence-corrected chi connectivity index (χ1v) is 6.12. The molecule has 0 aliphatic carbocycles. The van der Waals surface area contributed by atoms with E-state index in [4.69, 9.17) is 5.73 Å². The molecule has 0 saturated carbocycles. The van der Waals surface area contributed by atoms with Gasteiger partial charge in [-0.3, -0.25) is 0 Å². The van der Waals surface area contributed by atoms with E-state index < -0.39 is 0 Å². The van der Waals surface area contributed by atoms with Crippen LogP contribution in [-0.4, -0.2) is 9.52 Å². The van der Waals surface area contributed by atoms with E-state index in [-0.39, 0.29) is 0 Å². The molecule has 2 radical (unpaired) electrons. The van der Waals surface area contributed by atoms with Crippen molar-refractivity contribution in [2.24, 2.45) is 0 Å². The van der Waals surface area contributed by atoms with Gasteiger partial charge in [0.2, 0.25) is 0 Å². The third-order valence-electron chi connectivity index (χ3n) is 2.33.